The Morgan fingerprint density at radius 3 is 2.58 bits per heavy atom. The molecule has 4 heterocycles. The molecule has 0 spiro atoms. The Kier molecular flexibility index (Phi) is 5.90. The van der Waals surface area contributed by atoms with Gasteiger partial charge in [-0.15, -0.1) is 10.2 Å². The van der Waals surface area contributed by atoms with Crippen LogP contribution >= 0.6 is 11.8 Å². The molecule has 194 valence electrons. The number of imidazole rings is 1. The highest BCUT2D eigenvalue weighted by Crippen LogP contribution is 2.29. The summed E-state index contributed by atoms with van der Waals surface area (Å²) in [4.78, 5) is 41.2. The summed E-state index contributed by atoms with van der Waals surface area (Å²) in [7, 11) is 3.00. The quantitative estimate of drug-likeness (QED) is 0.322. The molecule has 1 amide bonds. The van der Waals surface area contributed by atoms with Crippen molar-refractivity contribution in [3.63, 3.8) is 0 Å². The van der Waals surface area contributed by atoms with Crippen molar-refractivity contribution >= 4 is 40.3 Å². The maximum atomic E-state index is 13.5. The van der Waals surface area contributed by atoms with Crippen molar-refractivity contribution in [1.29, 1.82) is 0 Å². The van der Waals surface area contributed by atoms with Crippen LogP contribution in [0.15, 0.2) is 63.3 Å². The number of thioether (sulfide) groups is 1. The first-order valence-electron chi connectivity index (χ1n) is 12.1. The van der Waals surface area contributed by atoms with E-state index in [0.29, 0.717) is 23.1 Å². The summed E-state index contributed by atoms with van der Waals surface area (Å²) in [6, 6.07) is 13.9. The number of para-hydroxylation sites is 1. The molecule has 0 fully saturated rings. The monoisotopic (exact) mass is 533 g/mol. The Morgan fingerprint density at radius 1 is 1.03 bits per heavy atom. The summed E-state index contributed by atoms with van der Waals surface area (Å²) < 4.78 is 19.2. The fourth-order valence-electron chi connectivity index (χ4n) is 5.04. The molecule has 0 radical (unpaired) electrons. The summed E-state index contributed by atoms with van der Waals surface area (Å²) in [5.74, 6) is 0.0369. The Morgan fingerprint density at radius 2 is 1.79 bits per heavy atom. The molecule has 0 aliphatic carbocycles. The first-order valence-corrected chi connectivity index (χ1v) is 13.1. The zero-order valence-corrected chi connectivity index (χ0v) is 21.6. The van der Waals surface area contributed by atoms with E-state index in [0.717, 1.165) is 34.2 Å². The molecule has 0 N–H and O–H groups in total. The molecule has 0 bridgehead atoms. The van der Waals surface area contributed by atoms with Crippen LogP contribution in [0.1, 0.15) is 17.5 Å². The van der Waals surface area contributed by atoms with Crippen molar-refractivity contribution in [1.82, 2.24) is 28.3 Å². The number of anilines is 1. The standard InChI is InChI=1S/C26H24FN7O3S/c1-30-22-21(23(36)31(2)26(30)37)33(14-16-9-11-18(27)12-10-16)24-28-29-25(34(22)24)38-15-20(35)32-13-5-7-17-6-3-4-8-19(17)32/h3-4,6,8-12H,5,7,13-15H2,1-2H3. The van der Waals surface area contributed by atoms with Crippen LogP contribution in [-0.4, -0.2) is 46.5 Å². The van der Waals surface area contributed by atoms with E-state index in [1.807, 2.05) is 24.3 Å². The SMILES string of the molecule is Cn1c(=O)c2c(n(C)c1=O)n1c(SCC(=O)N3CCCc4ccccc43)nnc1n2Cc1ccc(F)cc1. The minimum atomic E-state index is -0.492. The second kappa shape index (κ2) is 9.28. The van der Waals surface area contributed by atoms with E-state index < -0.39 is 11.2 Å². The molecular formula is C26H24FN7O3S. The Balaban J connectivity index is 1.42. The number of aryl methyl sites for hydroxylation is 2. The summed E-state index contributed by atoms with van der Waals surface area (Å²) >= 11 is 1.21. The van der Waals surface area contributed by atoms with Crippen LogP contribution in [0, 0.1) is 5.82 Å². The van der Waals surface area contributed by atoms with Crippen LogP contribution in [0.25, 0.3) is 16.9 Å². The van der Waals surface area contributed by atoms with Crippen LogP contribution in [0.2, 0.25) is 0 Å². The normalized spacial score (nSPS) is 13.4. The number of halogens is 1. The van der Waals surface area contributed by atoms with Crippen LogP contribution in [-0.2, 0) is 31.9 Å². The lowest BCUT2D eigenvalue weighted by Crippen LogP contribution is -2.38. The van der Waals surface area contributed by atoms with Gasteiger partial charge in [0.2, 0.25) is 11.7 Å². The van der Waals surface area contributed by atoms with Crippen LogP contribution in [0.4, 0.5) is 10.1 Å². The number of fused-ring (bicyclic) bond motifs is 4. The Bertz CT molecular complexity index is 1830. The second-order valence-corrected chi connectivity index (χ2v) is 10.2. The lowest BCUT2D eigenvalue weighted by Gasteiger charge is -2.29. The van der Waals surface area contributed by atoms with E-state index in [9.17, 15) is 18.8 Å². The minimum Gasteiger partial charge on any atom is -0.311 e. The number of rotatable bonds is 5. The molecule has 1 aliphatic heterocycles. The molecule has 3 aromatic heterocycles. The van der Waals surface area contributed by atoms with Gasteiger partial charge in [0.1, 0.15) is 5.82 Å². The molecule has 0 unspecified atom stereocenters. The van der Waals surface area contributed by atoms with Gasteiger partial charge in [-0.1, -0.05) is 42.1 Å². The molecule has 38 heavy (non-hydrogen) atoms. The van der Waals surface area contributed by atoms with Crippen molar-refractivity contribution in [3.05, 3.63) is 86.3 Å². The highest BCUT2D eigenvalue weighted by Gasteiger charge is 2.26. The van der Waals surface area contributed by atoms with Crippen molar-refractivity contribution in [3.8, 4) is 0 Å². The van der Waals surface area contributed by atoms with Crippen molar-refractivity contribution in [2.75, 3.05) is 17.2 Å². The van der Waals surface area contributed by atoms with Crippen molar-refractivity contribution in [2.45, 2.75) is 24.5 Å². The number of amides is 1. The number of aromatic nitrogens is 6. The van der Waals surface area contributed by atoms with Gasteiger partial charge in [-0.05, 0) is 42.2 Å². The molecule has 0 atom stereocenters. The highest BCUT2D eigenvalue weighted by molar-refractivity contribution is 7.99. The third-order valence-electron chi connectivity index (χ3n) is 6.94. The fraction of sp³-hybridized carbons (Fsp3) is 0.269. The van der Waals surface area contributed by atoms with E-state index in [-0.39, 0.29) is 29.5 Å². The van der Waals surface area contributed by atoms with Crippen LogP contribution < -0.4 is 16.1 Å². The molecule has 0 saturated heterocycles. The lowest BCUT2D eigenvalue weighted by molar-refractivity contribution is -0.116. The third kappa shape index (κ3) is 3.83. The molecule has 0 saturated carbocycles. The maximum absolute atomic E-state index is 13.5. The summed E-state index contributed by atoms with van der Waals surface area (Å²) in [6.07, 6.45) is 1.83. The molecule has 10 nitrogen and oxygen atoms in total. The van der Waals surface area contributed by atoms with Gasteiger partial charge < -0.3 is 4.90 Å². The van der Waals surface area contributed by atoms with Gasteiger partial charge in [0.05, 0.1) is 12.3 Å². The molecule has 5 aromatic rings. The van der Waals surface area contributed by atoms with E-state index in [2.05, 4.69) is 10.2 Å². The molecule has 2 aromatic carbocycles. The number of hydrogen-bond donors (Lipinski definition) is 0. The largest absolute Gasteiger partial charge is 0.332 e. The van der Waals surface area contributed by atoms with Gasteiger partial charge in [-0.3, -0.25) is 23.3 Å². The fourth-order valence-corrected chi connectivity index (χ4v) is 5.85. The van der Waals surface area contributed by atoms with Gasteiger partial charge in [-0.2, -0.15) is 0 Å². The summed E-state index contributed by atoms with van der Waals surface area (Å²) in [5, 5.41) is 9.03. The Hall–Kier alpha value is -4.19. The maximum Gasteiger partial charge on any atom is 0.332 e. The van der Waals surface area contributed by atoms with Gasteiger partial charge in [0.25, 0.3) is 5.56 Å². The number of carbonyl (C=O) groups excluding carboxylic acids is 1. The molecule has 12 heteroatoms. The van der Waals surface area contributed by atoms with Crippen molar-refractivity contribution < 1.29 is 9.18 Å². The molecule has 1 aliphatic rings. The van der Waals surface area contributed by atoms with E-state index in [1.54, 1.807) is 33.0 Å². The third-order valence-corrected chi connectivity index (χ3v) is 7.85. The zero-order chi connectivity index (χ0) is 26.6. The van der Waals surface area contributed by atoms with Crippen LogP contribution in [0.3, 0.4) is 0 Å². The average molecular weight is 534 g/mol. The van der Waals surface area contributed by atoms with Gasteiger partial charge >= 0.3 is 5.69 Å². The first kappa shape index (κ1) is 24.2. The smallest absolute Gasteiger partial charge is 0.311 e. The van der Waals surface area contributed by atoms with E-state index in [1.165, 1.54) is 35.5 Å². The van der Waals surface area contributed by atoms with Gasteiger partial charge in [0.15, 0.2) is 16.3 Å². The summed E-state index contributed by atoms with van der Waals surface area (Å²) in [6.45, 7) is 0.861. The molecule has 6 rings (SSSR count). The van der Waals surface area contributed by atoms with Crippen LogP contribution in [0.5, 0.6) is 0 Å². The second-order valence-electron chi connectivity index (χ2n) is 9.27. The highest BCUT2D eigenvalue weighted by atomic mass is 32.2. The first-order chi connectivity index (χ1) is 18.3. The number of hydrogen-bond acceptors (Lipinski definition) is 6. The predicted octanol–water partition coefficient (Wildman–Crippen LogP) is 2.34. The Labute approximate surface area is 219 Å². The summed E-state index contributed by atoms with van der Waals surface area (Å²) in [5.41, 5.74) is 2.45. The van der Waals surface area contributed by atoms with E-state index >= 15 is 0 Å². The van der Waals surface area contributed by atoms with Crippen molar-refractivity contribution in [2.24, 2.45) is 14.1 Å². The topological polar surface area (TPSA) is 99.4 Å². The number of nitrogens with zero attached hydrogens (tertiary/aromatic N) is 7. The zero-order valence-electron chi connectivity index (χ0n) is 20.8. The predicted molar refractivity (Wildman–Crippen MR) is 142 cm³/mol. The number of carbonyl (C=O) groups is 1. The van der Waals surface area contributed by atoms with Gasteiger partial charge in [-0.25, -0.2) is 13.6 Å². The van der Waals surface area contributed by atoms with Gasteiger partial charge in [0, 0.05) is 26.3 Å². The average Bonchev–Trinajstić information content (AvgIpc) is 3.48. The number of benzene rings is 2. The van der Waals surface area contributed by atoms with E-state index in [4.69, 9.17) is 0 Å². The molecular weight excluding hydrogens is 509 g/mol. The minimum absolute atomic E-state index is 0.0567. The lowest BCUT2D eigenvalue weighted by atomic mass is 10.0.